The van der Waals surface area contributed by atoms with Gasteiger partial charge in [-0.1, -0.05) is 49.6 Å². The SMILES string of the molecule is CC1(c2ccccc2)NC(=O)N(NC(=O)CCCNC(=O)NC2CCCCC2)C1=O. The molecule has 6 amide bonds. The minimum absolute atomic E-state index is 0.0722. The molecule has 2 fully saturated rings. The summed E-state index contributed by atoms with van der Waals surface area (Å²) in [7, 11) is 0. The van der Waals surface area contributed by atoms with E-state index in [9.17, 15) is 19.2 Å². The minimum Gasteiger partial charge on any atom is -0.338 e. The van der Waals surface area contributed by atoms with Crippen molar-refractivity contribution in [1.82, 2.24) is 26.4 Å². The first-order valence-corrected chi connectivity index (χ1v) is 10.5. The van der Waals surface area contributed by atoms with Crippen LogP contribution in [0.1, 0.15) is 57.4 Å². The summed E-state index contributed by atoms with van der Waals surface area (Å²) in [6.07, 6.45) is 5.96. The highest BCUT2D eigenvalue weighted by molar-refractivity contribution is 6.08. The molecule has 9 heteroatoms. The number of benzene rings is 1. The predicted octanol–water partition coefficient (Wildman–Crippen LogP) is 1.90. The summed E-state index contributed by atoms with van der Waals surface area (Å²) in [4.78, 5) is 49.1. The highest BCUT2D eigenvalue weighted by Gasteiger charge is 2.49. The van der Waals surface area contributed by atoms with E-state index >= 15 is 0 Å². The number of hydrazine groups is 1. The van der Waals surface area contributed by atoms with E-state index in [1.165, 1.54) is 6.42 Å². The minimum atomic E-state index is -1.23. The van der Waals surface area contributed by atoms with Gasteiger partial charge < -0.3 is 16.0 Å². The van der Waals surface area contributed by atoms with Crippen LogP contribution in [0.4, 0.5) is 9.59 Å². The fraction of sp³-hybridized carbons (Fsp3) is 0.524. The monoisotopic (exact) mass is 415 g/mol. The zero-order valence-corrected chi connectivity index (χ0v) is 17.2. The van der Waals surface area contributed by atoms with Crippen LogP contribution in [-0.2, 0) is 15.1 Å². The molecular weight excluding hydrogens is 386 g/mol. The number of hydrogen-bond donors (Lipinski definition) is 4. The van der Waals surface area contributed by atoms with Gasteiger partial charge in [-0.2, -0.15) is 5.01 Å². The molecular formula is C21H29N5O4. The van der Waals surface area contributed by atoms with Gasteiger partial charge in [0.15, 0.2) is 0 Å². The maximum atomic E-state index is 12.7. The van der Waals surface area contributed by atoms with E-state index in [-0.39, 0.29) is 18.5 Å². The molecule has 3 rings (SSSR count). The number of rotatable bonds is 7. The van der Waals surface area contributed by atoms with Crippen LogP contribution >= 0.6 is 0 Å². The van der Waals surface area contributed by atoms with Gasteiger partial charge in [0.25, 0.3) is 5.91 Å². The van der Waals surface area contributed by atoms with Crippen LogP contribution in [0.5, 0.6) is 0 Å². The van der Waals surface area contributed by atoms with Crippen LogP contribution in [0.25, 0.3) is 0 Å². The van der Waals surface area contributed by atoms with Crippen molar-refractivity contribution in [3.05, 3.63) is 35.9 Å². The van der Waals surface area contributed by atoms with Crippen molar-refractivity contribution < 1.29 is 19.2 Å². The Kier molecular flexibility index (Phi) is 6.91. The number of nitrogens with one attached hydrogen (secondary N) is 4. The summed E-state index contributed by atoms with van der Waals surface area (Å²) in [5, 5.41) is 9.04. The average molecular weight is 415 g/mol. The number of carbonyl (C=O) groups excluding carboxylic acids is 4. The van der Waals surface area contributed by atoms with E-state index in [2.05, 4.69) is 21.4 Å². The van der Waals surface area contributed by atoms with Crippen LogP contribution in [0.15, 0.2) is 30.3 Å². The Balaban J connectivity index is 1.41. The molecule has 4 N–H and O–H groups in total. The van der Waals surface area contributed by atoms with E-state index in [4.69, 9.17) is 0 Å². The Morgan fingerprint density at radius 3 is 2.53 bits per heavy atom. The Morgan fingerprint density at radius 1 is 1.13 bits per heavy atom. The van der Waals surface area contributed by atoms with E-state index in [0.29, 0.717) is 18.5 Å². The number of imide groups is 1. The Morgan fingerprint density at radius 2 is 1.83 bits per heavy atom. The van der Waals surface area contributed by atoms with Crippen molar-refractivity contribution in [2.45, 2.75) is 63.5 Å². The summed E-state index contributed by atoms with van der Waals surface area (Å²) < 4.78 is 0. The van der Waals surface area contributed by atoms with Crippen LogP contribution in [0, 0.1) is 0 Å². The number of urea groups is 2. The van der Waals surface area contributed by atoms with Gasteiger partial charge in [0.1, 0.15) is 5.54 Å². The molecule has 1 unspecified atom stereocenters. The predicted molar refractivity (Wildman–Crippen MR) is 110 cm³/mol. The zero-order valence-electron chi connectivity index (χ0n) is 17.2. The Bertz CT molecular complexity index is 794. The number of hydrogen-bond acceptors (Lipinski definition) is 4. The lowest BCUT2D eigenvalue weighted by molar-refractivity contribution is -0.139. The van der Waals surface area contributed by atoms with E-state index in [0.717, 1.165) is 30.7 Å². The van der Waals surface area contributed by atoms with Gasteiger partial charge in [0.05, 0.1) is 0 Å². The van der Waals surface area contributed by atoms with Crippen LogP contribution in [0.2, 0.25) is 0 Å². The van der Waals surface area contributed by atoms with Gasteiger partial charge in [-0.15, -0.1) is 0 Å². The van der Waals surface area contributed by atoms with Crippen LogP contribution in [-0.4, -0.2) is 41.5 Å². The third-order valence-corrected chi connectivity index (χ3v) is 5.59. The molecule has 9 nitrogen and oxygen atoms in total. The van der Waals surface area contributed by atoms with Gasteiger partial charge in [-0.25, -0.2) is 9.59 Å². The third kappa shape index (κ3) is 5.08. The molecule has 2 aliphatic rings. The maximum absolute atomic E-state index is 12.7. The summed E-state index contributed by atoms with van der Waals surface area (Å²) >= 11 is 0. The van der Waals surface area contributed by atoms with Crippen molar-refractivity contribution in [2.24, 2.45) is 0 Å². The largest absolute Gasteiger partial charge is 0.344 e. The van der Waals surface area contributed by atoms with Crippen molar-refractivity contribution in [3.63, 3.8) is 0 Å². The molecule has 1 saturated carbocycles. The second-order valence-electron chi connectivity index (χ2n) is 7.94. The smallest absolute Gasteiger partial charge is 0.338 e. The molecule has 162 valence electrons. The molecule has 0 spiro atoms. The highest BCUT2D eigenvalue weighted by Crippen LogP contribution is 2.27. The molecule has 1 saturated heterocycles. The molecule has 1 aromatic carbocycles. The standard InChI is InChI=1S/C21H29N5O4/c1-21(15-9-4-2-5-10-15)18(28)26(20(30)24-21)25-17(27)13-8-14-22-19(29)23-16-11-6-3-7-12-16/h2,4-5,9-10,16H,3,6-8,11-14H2,1H3,(H,24,30)(H,25,27)(H2,22,23,29). The van der Waals surface area contributed by atoms with Gasteiger partial charge in [0.2, 0.25) is 5.91 Å². The van der Waals surface area contributed by atoms with E-state index in [1.54, 1.807) is 31.2 Å². The zero-order chi connectivity index (χ0) is 21.6. The van der Waals surface area contributed by atoms with E-state index < -0.39 is 23.4 Å². The Hall–Kier alpha value is -3.10. The van der Waals surface area contributed by atoms with Gasteiger partial charge in [-0.05, 0) is 31.7 Å². The lowest BCUT2D eigenvalue weighted by atomic mass is 9.92. The summed E-state index contributed by atoms with van der Waals surface area (Å²) in [6, 6.07) is 8.18. The molecule has 1 aromatic rings. The third-order valence-electron chi connectivity index (χ3n) is 5.59. The molecule has 1 atom stereocenters. The van der Waals surface area contributed by atoms with Crippen molar-refractivity contribution in [2.75, 3.05) is 6.54 Å². The molecule has 0 aromatic heterocycles. The summed E-state index contributed by atoms with van der Waals surface area (Å²) in [6.45, 7) is 1.93. The lowest BCUT2D eigenvalue weighted by Crippen LogP contribution is -2.48. The second-order valence-corrected chi connectivity index (χ2v) is 7.94. The molecule has 1 aliphatic heterocycles. The first-order chi connectivity index (χ1) is 14.4. The summed E-state index contributed by atoms with van der Waals surface area (Å²) in [5.74, 6) is -1.01. The number of amides is 6. The number of carbonyl (C=O) groups is 4. The topological polar surface area (TPSA) is 120 Å². The maximum Gasteiger partial charge on any atom is 0.344 e. The van der Waals surface area contributed by atoms with Crippen molar-refractivity contribution in [3.8, 4) is 0 Å². The molecule has 0 bridgehead atoms. The highest BCUT2D eigenvalue weighted by atomic mass is 16.2. The molecule has 1 heterocycles. The van der Waals surface area contributed by atoms with Gasteiger partial charge in [-0.3, -0.25) is 15.0 Å². The fourth-order valence-electron chi connectivity index (χ4n) is 3.82. The first-order valence-electron chi connectivity index (χ1n) is 10.5. The fourth-order valence-corrected chi connectivity index (χ4v) is 3.82. The van der Waals surface area contributed by atoms with Crippen LogP contribution in [0.3, 0.4) is 0 Å². The first kappa shape index (κ1) is 21.6. The summed E-state index contributed by atoms with van der Waals surface area (Å²) in [5.41, 5.74) is 1.76. The quantitative estimate of drug-likeness (QED) is 0.402. The molecule has 0 radical (unpaired) electrons. The van der Waals surface area contributed by atoms with Gasteiger partial charge in [0, 0.05) is 19.0 Å². The molecule has 1 aliphatic carbocycles. The van der Waals surface area contributed by atoms with E-state index in [1.807, 2.05) is 6.07 Å². The Labute approximate surface area is 175 Å². The average Bonchev–Trinajstić information content (AvgIpc) is 2.96. The van der Waals surface area contributed by atoms with Crippen LogP contribution < -0.4 is 21.4 Å². The number of nitrogens with zero attached hydrogens (tertiary/aromatic N) is 1. The normalized spacial score (nSPS) is 21.8. The van der Waals surface area contributed by atoms with Crippen molar-refractivity contribution in [1.29, 1.82) is 0 Å². The lowest BCUT2D eigenvalue weighted by Gasteiger charge is -2.23. The van der Waals surface area contributed by atoms with Crippen molar-refractivity contribution >= 4 is 23.9 Å². The second kappa shape index (κ2) is 9.60. The van der Waals surface area contributed by atoms with Gasteiger partial charge >= 0.3 is 12.1 Å². The molecule has 30 heavy (non-hydrogen) atoms.